The maximum atomic E-state index is 12.4. The lowest BCUT2D eigenvalue weighted by Gasteiger charge is -2.25. The second kappa shape index (κ2) is 5.93. The first-order valence-corrected chi connectivity index (χ1v) is 6.67. The molecule has 1 atom stereocenters. The van der Waals surface area contributed by atoms with E-state index in [2.05, 4.69) is 5.32 Å². The zero-order valence-electron chi connectivity index (χ0n) is 11.1. The number of phenolic OH excluding ortho intramolecular Hbond substituents is 2. The largest absolute Gasteiger partial charge is 0.504 e. The Bertz CT molecular complexity index is 456. The summed E-state index contributed by atoms with van der Waals surface area (Å²) in [6, 6.07) is 4.77. The summed E-state index contributed by atoms with van der Waals surface area (Å²) in [5, 5.41) is 22.6. The van der Waals surface area contributed by atoms with Crippen molar-refractivity contribution in [3.63, 3.8) is 0 Å². The number of amides is 1. The van der Waals surface area contributed by atoms with Crippen LogP contribution in [-0.2, 0) is 0 Å². The van der Waals surface area contributed by atoms with Gasteiger partial charge >= 0.3 is 0 Å². The number of nitrogens with zero attached hydrogens (tertiary/aromatic N) is 1. The minimum Gasteiger partial charge on any atom is -0.504 e. The molecule has 2 rings (SSSR count). The number of carbonyl (C=O) groups excluding carboxylic acids is 1. The van der Waals surface area contributed by atoms with Crippen molar-refractivity contribution in [1.29, 1.82) is 0 Å². The second-order valence-corrected chi connectivity index (χ2v) is 4.81. The van der Waals surface area contributed by atoms with Gasteiger partial charge in [-0.1, -0.05) is 6.07 Å². The molecule has 5 nitrogen and oxygen atoms in total. The van der Waals surface area contributed by atoms with E-state index in [1.165, 1.54) is 12.1 Å². The van der Waals surface area contributed by atoms with E-state index in [9.17, 15) is 15.0 Å². The van der Waals surface area contributed by atoms with E-state index < -0.39 is 0 Å². The van der Waals surface area contributed by atoms with Gasteiger partial charge in [0.05, 0.1) is 5.56 Å². The van der Waals surface area contributed by atoms with Crippen LogP contribution in [0.25, 0.3) is 0 Å². The van der Waals surface area contributed by atoms with Gasteiger partial charge < -0.3 is 20.4 Å². The SMILES string of the molecule is CCN(CC1CCCN1)C(=O)c1cccc(O)c1O. The van der Waals surface area contributed by atoms with Crippen LogP contribution in [0.5, 0.6) is 11.5 Å². The predicted molar refractivity (Wildman–Crippen MR) is 72.4 cm³/mol. The lowest BCUT2D eigenvalue weighted by atomic mass is 10.1. The fourth-order valence-corrected chi connectivity index (χ4v) is 2.41. The third-order valence-corrected chi connectivity index (χ3v) is 3.52. The van der Waals surface area contributed by atoms with E-state index in [4.69, 9.17) is 0 Å². The highest BCUT2D eigenvalue weighted by Crippen LogP contribution is 2.29. The minimum atomic E-state index is -0.342. The topological polar surface area (TPSA) is 72.8 Å². The molecular weight excluding hydrogens is 244 g/mol. The molecule has 0 saturated carbocycles. The van der Waals surface area contributed by atoms with E-state index in [0.29, 0.717) is 19.1 Å². The van der Waals surface area contributed by atoms with E-state index >= 15 is 0 Å². The van der Waals surface area contributed by atoms with Gasteiger partial charge in [-0.3, -0.25) is 4.79 Å². The molecule has 5 heteroatoms. The molecule has 1 unspecified atom stereocenters. The summed E-state index contributed by atoms with van der Waals surface area (Å²) in [6.45, 7) is 4.11. The standard InChI is InChI=1S/C14H20N2O3/c1-2-16(9-10-5-4-8-15-10)14(19)11-6-3-7-12(17)13(11)18/h3,6-7,10,15,17-18H,2,4-5,8-9H2,1H3. The maximum absolute atomic E-state index is 12.4. The van der Waals surface area contributed by atoms with E-state index in [1.54, 1.807) is 11.0 Å². The molecule has 19 heavy (non-hydrogen) atoms. The summed E-state index contributed by atoms with van der Waals surface area (Å²) >= 11 is 0. The number of nitrogens with one attached hydrogen (secondary N) is 1. The lowest BCUT2D eigenvalue weighted by Crippen LogP contribution is -2.41. The molecule has 0 bridgehead atoms. The molecule has 1 aromatic rings. The van der Waals surface area contributed by atoms with Crippen LogP contribution in [0.3, 0.4) is 0 Å². The average Bonchev–Trinajstić information content (AvgIpc) is 2.91. The molecule has 1 aliphatic rings. The average molecular weight is 264 g/mol. The van der Waals surface area contributed by atoms with Gasteiger partial charge in [0.2, 0.25) is 0 Å². The third kappa shape index (κ3) is 2.98. The Balaban J connectivity index is 2.13. The number of para-hydroxylation sites is 1. The van der Waals surface area contributed by atoms with Crippen LogP contribution in [0.1, 0.15) is 30.1 Å². The molecular formula is C14H20N2O3. The fraction of sp³-hybridized carbons (Fsp3) is 0.500. The summed E-state index contributed by atoms with van der Waals surface area (Å²) in [5.74, 6) is -0.851. The second-order valence-electron chi connectivity index (χ2n) is 4.81. The Morgan fingerprint density at radius 3 is 2.89 bits per heavy atom. The van der Waals surface area contributed by atoms with Crippen molar-refractivity contribution >= 4 is 5.91 Å². The Morgan fingerprint density at radius 2 is 2.26 bits per heavy atom. The van der Waals surface area contributed by atoms with Gasteiger partial charge in [-0.2, -0.15) is 0 Å². The minimum absolute atomic E-state index is 0.153. The molecule has 1 aromatic carbocycles. The van der Waals surface area contributed by atoms with Crippen molar-refractivity contribution in [2.75, 3.05) is 19.6 Å². The van der Waals surface area contributed by atoms with Gasteiger partial charge in [-0.15, -0.1) is 0 Å². The molecule has 1 saturated heterocycles. The zero-order chi connectivity index (χ0) is 13.8. The number of carbonyl (C=O) groups is 1. The van der Waals surface area contributed by atoms with Crippen LogP contribution in [0.15, 0.2) is 18.2 Å². The first-order valence-electron chi connectivity index (χ1n) is 6.67. The number of phenols is 2. The first kappa shape index (κ1) is 13.7. The molecule has 1 amide bonds. The van der Waals surface area contributed by atoms with E-state index in [1.807, 2.05) is 6.92 Å². The number of likely N-dealkylation sites (N-methyl/N-ethyl adjacent to an activating group) is 1. The van der Waals surface area contributed by atoms with Gasteiger partial charge in [0.1, 0.15) is 0 Å². The molecule has 1 aliphatic heterocycles. The van der Waals surface area contributed by atoms with Crippen LogP contribution >= 0.6 is 0 Å². The summed E-state index contributed by atoms with van der Waals surface area (Å²) < 4.78 is 0. The molecule has 0 spiro atoms. The molecule has 104 valence electrons. The maximum Gasteiger partial charge on any atom is 0.257 e. The molecule has 1 fully saturated rings. The summed E-state index contributed by atoms with van der Waals surface area (Å²) in [4.78, 5) is 14.1. The van der Waals surface area contributed by atoms with Gasteiger partial charge in [0.15, 0.2) is 11.5 Å². The van der Waals surface area contributed by atoms with Crippen molar-refractivity contribution in [3.8, 4) is 11.5 Å². The molecule has 1 heterocycles. The number of benzene rings is 1. The monoisotopic (exact) mass is 264 g/mol. The van der Waals surface area contributed by atoms with Crippen molar-refractivity contribution in [1.82, 2.24) is 10.2 Å². The quantitative estimate of drug-likeness (QED) is 0.717. The van der Waals surface area contributed by atoms with E-state index in [0.717, 1.165) is 19.4 Å². The van der Waals surface area contributed by atoms with Gasteiger partial charge in [0, 0.05) is 19.1 Å². The zero-order valence-corrected chi connectivity index (χ0v) is 11.1. The third-order valence-electron chi connectivity index (χ3n) is 3.52. The number of hydrogen-bond acceptors (Lipinski definition) is 4. The van der Waals surface area contributed by atoms with Crippen LogP contribution in [-0.4, -0.2) is 46.7 Å². The summed E-state index contributed by atoms with van der Waals surface area (Å²) in [6.07, 6.45) is 2.20. The smallest absolute Gasteiger partial charge is 0.257 e. The first-order chi connectivity index (χ1) is 9.13. The highest BCUT2D eigenvalue weighted by Gasteiger charge is 2.23. The van der Waals surface area contributed by atoms with Crippen LogP contribution < -0.4 is 5.32 Å². The Kier molecular flexibility index (Phi) is 4.27. The molecule has 0 radical (unpaired) electrons. The molecule has 0 aliphatic carbocycles. The number of hydrogen-bond donors (Lipinski definition) is 3. The van der Waals surface area contributed by atoms with Gasteiger partial charge in [-0.05, 0) is 38.4 Å². The normalized spacial score (nSPS) is 18.5. The van der Waals surface area contributed by atoms with Crippen LogP contribution in [0.4, 0.5) is 0 Å². The van der Waals surface area contributed by atoms with Gasteiger partial charge in [-0.25, -0.2) is 0 Å². The highest BCUT2D eigenvalue weighted by molar-refractivity contribution is 5.97. The summed E-state index contributed by atoms with van der Waals surface area (Å²) in [7, 11) is 0. The molecule has 0 aromatic heterocycles. The fourth-order valence-electron chi connectivity index (χ4n) is 2.41. The van der Waals surface area contributed by atoms with Crippen molar-refractivity contribution in [3.05, 3.63) is 23.8 Å². The van der Waals surface area contributed by atoms with Crippen molar-refractivity contribution in [2.24, 2.45) is 0 Å². The van der Waals surface area contributed by atoms with Crippen molar-refractivity contribution in [2.45, 2.75) is 25.8 Å². The predicted octanol–water partition coefficient (Wildman–Crippen LogP) is 1.31. The van der Waals surface area contributed by atoms with Gasteiger partial charge in [0.25, 0.3) is 5.91 Å². The highest BCUT2D eigenvalue weighted by atomic mass is 16.3. The Labute approximate surface area is 112 Å². The summed E-state index contributed by atoms with van der Waals surface area (Å²) in [5.41, 5.74) is 0.153. The molecule has 3 N–H and O–H groups in total. The Hall–Kier alpha value is -1.75. The van der Waals surface area contributed by atoms with Crippen LogP contribution in [0.2, 0.25) is 0 Å². The number of aromatic hydroxyl groups is 2. The Morgan fingerprint density at radius 1 is 1.47 bits per heavy atom. The lowest BCUT2D eigenvalue weighted by molar-refractivity contribution is 0.0747. The number of rotatable bonds is 4. The van der Waals surface area contributed by atoms with E-state index in [-0.39, 0.29) is 23.0 Å². The van der Waals surface area contributed by atoms with Crippen molar-refractivity contribution < 1.29 is 15.0 Å². The van der Waals surface area contributed by atoms with Crippen LogP contribution in [0, 0.1) is 0 Å².